The molecule has 0 aromatic heterocycles. The van der Waals surface area contributed by atoms with E-state index in [0.717, 1.165) is 12.8 Å². The second kappa shape index (κ2) is 6.18. The fraction of sp³-hybridized carbons (Fsp3) is 0.846. The first-order chi connectivity index (χ1) is 8.44. The van der Waals surface area contributed by atoms with E-state index in [1.165, 1.54) is 0 Å². The molecular weight excluding hydrogens is 232 g/mol. The topological polar surface area (TPSA) is 92.4 Å². The number of aliphatic carboxylic acids is 1. The standard InChI is InChI=1S/C13H24N2O3/c1-3-13(14,4-2)12(18)15-8-9-6-5-7-10(9)11(16)17/h9-10H,3-8,14H2,1-2H3,(H,15,18)(H,16,17). The van der Waals surface area contributed by atoms with Crippen molar-refractivity contribution >= 4 is 11.9 Å². The van der Waals surface area contributed by atoms with Crippen LogP contribution in [0.3, 0.4) is 0 Å². The predicted octanol–water partition coefficient (Wildman–Crippen LogP) is 1.12. The second-order valence-electron chi connectivity index (χ2n) is 5.21. The van der Waals surface area contributed by atoms with Crippen molar-refractivity contribution in [2.24, 2.45) is 17.6 Å². The van der Waals surface area contributed by atoms with Gasteiger partial charge in [-0.3, -0.25) is 9.59 Å². The first-order valence-electron chi connectivity index (χ1n) is 6.74. The highest BCUT2D eigenvalue weighted by Gasteiger charge is 2.35. The molecule has 1 rings (SSSR count). The summed E-state index contributed by atoms with van der Waals surface area (Å²) in [6.45, 7) is 4.20. The number of rotatable bonds is 6. The van der Waals surface area contributed by atoms with Gasteiger partial charge in [0.1, 0.15) is 0 Å². The first kappa shape index (κ1) is 15.0. The molecule has 0 radical (unpaired) electrons. The van der Waals surface area contributed by atoms with Gasteiger partial charge in [-0.05, 0) is 31.6 Å². The monoisotopic (exact) mass is 256 g/mol. The van der Waals surface area contributed by atoms with Gasteiger partial charge in [0, 0.05) is 6.54 Å². The molecule has 2 atom stereocenters. The van der Waals surface area contributed by atoms with Crippen molar-refractivity contribution in [1.82, 2.24) is 5.32 Å². The summed E-state index contributed by atoms with van der Waals surface area (Å²) in [7, 11) is 0. The van der Waals surface area contributed by atoms with Gasteiger partial charge in [0.15, 0.2) is 0 Å². The summed E-state index contributed by atoms with van der Waals surface area (Å²) in [6, 6.07) is 0. The zero-order chi connectivity index (χ0) is 13.8. The van der Waals surface area contributed by atoms with Crippen LogP contribution in [0.1, 0.15) is 46.0 Å². The minimum atomic E-state index is -0.822. The van der Waals surface area contributed by atoms with Crippen molar-refractivity contribution in [3.05, 3.63) is 0 Å². The number of nitrogens with two attached hydrogens (primary N) is 1. The van der Waals surface area contributed by atoms with E-state index in [9.17, 15) is 9.59 Å². The maximum atomic E-state index is 12.0. The van der Waals surface area contributed by atoms with Crippen LogP contribution in [-0.2, 0) is 9.59 Å². The third-order valence-corrected chi connectivity index (χ3v) is 4.22. The van der Waals surface area contributed by atoms with Crippen LogP contribution in [0.2, 0.25) is 0 Å². The zero-order valence-corrected chi connectivity index (χ0v) is 11.2. The van der Waals surface area contributed by atoms with Gasteiger partial charge >= 0.3 is 5.97 Å². The van der Waals surface area contributed by atoms with E-state index in [-0.39, 0.29) is 17.7 Å². The van der Waals surface area contributed by atoms with E-state index >= 15 is 0 Å². The Hall–Kier alpha value is -1.10. The first-order valence-corrected chi connectivity index (χ1v) is 6.74. The Labute approximate surface area is 108 Å². The summed E-state index contributed by atoms with van der Waals surface area (Å²) in [5, 5.41) is 11.9. The zero-order valence-electron chi connectivity index (χ0n) is 11.2. The summed E-state index contributed by atoms with van der Waals surface area (Å²) >= 11 is 0. The lowest BCUT2D eigenvalue weighted by atomic mass is 9.92. The molecule has 0 saturated heterocycles. The molecule has 1 amide bonds. The Balaban J connectivity index is 2.50. The number of hydrogen-bond acceptors (Lipinski definition) is 3. The Bertz CT molecular complexity index is 313. The smallest absolute Gasteiger partial charge is 0.306 e. The lowest BCUT2D eigenvalue weighted by Crippen LogP contribution is -2.54. The van der Waals surface area contributed by atoms with Crippen molar-refractivity contribution in [3.8, 4) is 0 Å². The molecule has 1 aliphatic rings. The third-order valence-electron chi connectivity index (χ3n) is 4.22. The van der Waals surface area contributed by atoms with Crippen LogP contribution in [0.15, 0.2) is 0 Å². The Morgan fingerprint density at radius 3 is 2.44 bits per heavy atom. The number of hydrogen-bond donors (Lipinski definition) is 3. The van der Waals surface area contributed by atoms with Gasteiger partial charge in [0.05, 0.1) is 11.5 Å². The highest BCUT2D eigenvalue weighted by molar-refractivity contribution is 5.86. The lowest BCUT2D eigenvalue weighted by molar-refractivity contribution is -0.143. The molecule has 5 heteroatoms. The van der Waals surface area contributed by atoms with Crippen LogP contribution in [0.25, 0.3) is 0 Å². The van der Waals surface area contributed by atoms with Crippen LogP contribution in [0, 0.1) is 11.8 Å². The number of carbonyl (C=O) groups excluding carboxylic acids is 1. The van der Waals surface area contributed by atoms with Crippen LogP contribution >= 0.6 is 0 Å². The molecule has 5 nitrogen and oxygen atoms in total. The van der Waals surface area contributed by atoms with E-state index in [4.69, 9.17) is 10.8 Å². The largest absolute Gasteiger partial charge is 0.481 e. The average Bonchev–Trinajstić information content (AvgIpc) is 2.83. The van der Waals surface area contributed by atoms with E-state index in [2.05, 4.69) is 5.32 Å². The SMILES string of the molecule is CCC(N)(CC)C(=O)NCC1CCCC1C(=O)O. The van der Waals surface area contributed by atoms with E-state index < -0.39 is 11.5 Å². The van der Waals surface area contributed by atoms with Crippen molar-refractivity contribution in [2.75, 3.05) is 6.54 Å². The van der Waals surface area contributed by atoms with Crippen molar-refractivity contribution in [2.45, 2.75) is 51.5 Å². The molecule has 1 fully saturated rings. The van der Waals surface area contributed by atoms with E-state index in [1.807, 2.05) is 13.8 Å². The molecule has 0 aromatic carbocycles. The van der Waals surface area contributed by atoms with E-state index in [1.54, 1.807) is 0 Å². The molecule has 0 aliphatic heterocycles. The number of carboxylic acids is 1. The number of amides is 1. The highest BCUT2D eigenvalue weighted by atomic mass is 16.4. The summed E-state index contributed by atoms with van der Waals surface area (Å²) in [5.74, 6) is -1.19. The highest BCUT2D eigenvalue weighted by Crippen LogP contribution is 2.31. The third kappa shape index (κ3) is 3.22. The maximum Gasteiger partial charge on any atom is 0.306 e. The molecule has 1 saturated carbocycles. The molecule has 0 spiro atoms. The summed E-state index contributed by atoms with van der Waals surface area (Å²) in [5.41, 5.74) is 5.17. The van der Waals surface area contributed by atoms with Crippen LogP contribution in [0.4, 0.5) is 0 Å². The minimum absolute atomic E-state index is 0.0458. The average molecular weight is 256 g/mol. The predicted molar refractivity (Wildman–Crippen MR) is 69.0 cm³/mol. The summed E-state index contributed by atoms with van der Waals surface area (Å²) in [4.78, 5) is 23.0. The molecular formula is C13H24N2O3. The molecule has 2 unspecified atom stereocenters. The van der Waals surface area contributed by atoms with Crippen molar-refractivity contribution in [3.63, 3.8) is 0 Å². The van der Waals surface area contributed by atoms with Crippen LogP contribution in [-0.4, -0.2) is 29.1 Å². The molecule has 1 aliphatic carbocycles. The number of carboxylic acid groups (broad SMARTS) is 1. The van der Waals surface area contributed by atoms with Gasteiger partial charge in [-0.25, -0.2) is 0 Å². The Kier molecular flexibility index (Phi) is 5.14. The Morgan fingerprint density at radius 1 is 1.33 bits per heavy atom. The molecule has 4 N–H and O–H groups in total. The van der Waals surface area contributed by atoms with E-state index in [0.29, 0.717) is 25.8 Å². The quantitative estimate of drug-likeness (QED) is 0.664. The number of carbonyl (C=O) groups is 2. The van der Waals surface area contributed by atoms with Crippen LogP contribution in [0.5, 0.6) is 0 Å². The van der Waals surface area contributed by atoms with Crippen LogP contribution < -0.4 is 11.1 Å². The molecule has 18 heavy (non-hydrogen) atoms. The molecule has 104 valence electrons. The molecule has 0 aromatic rings. The van der Waals surface area contributed by atoms with Gasteiger partial charge in [0.25, 0.3) is 0 Å². The molecule has 0 bridgehead atoms. The van der Waals surface area contributed by atoms with Gasteiger partial charge < -0.3 is 16.2 Å². The lowest BCUT2D eigenvalue weighted by Gasteiger charge is -2.26. The second-order valence-corrected chi connectivity index (χ2v) is 5.21. The summed E-state index contributed by atoms with van der Waals surface area (Å²) in [6.07, 6.45) is 3.68. The van der Waals surface area contributed by atoms with Gasteiger partial charge in [-0.2, -0.15) is 0 Å². The number of nitrogens with one attached hydrogen (secondary N) is 1. The van der Waals surface area contributed by atoms with Gasteiger partial charge in [0.2, 0.25) is 5.91 Å². The van der Waals surface area contributed by atoms with Crippen molar-refractivity contribution in [1.29, 1.82) is 0 Å². The van der Waals surface area contributed by atoms with Gasteiger partial charge in [-0.1, -0.05) is 20.3 Å². The maximum absolute atomic E-state index is 12.0. The normalized spacial score (nSPS) is 23.9. The summed E-state index contributed by atoms with van der Waals surface area (Å²) < 4.78 is 0. The van der Waals surface area contributed by atoms with Crippen molar-refractivity contribution < 1.29 is 14.7 Å². The minimum Gasteiger partial charge on any atom is -0.481 e. The fourth-order valence-corrected chi connectivity index (χ4v) is 2.58. The fourth-order valence-electron chi connectivity index (χ4n) is 2.58. The molecule has 0 heterocycles. The Morgan fingerprint density at radius 2 is 1.94 bits per heavy atom. The van der Waals surface area contributed by atoms with Gasteiger partial charge in [-0.15, -0.1) is 0 Å².